The van der Waals surface area contributed by atoms with Gasteiger partial charge in [-0.15, -0.1) is 0 Å². The molecule has 0 unspecified atom stereocenters. The lowest BCUT2D eigenvalue weighted by atomic mass is 10.0. The summed E-state index contributed by atoms with van der Waals surface area (Å²) in [4.78, 5) is 14.8. The Morgan fingerprint density at radius 2 is 1.63 bits per heavy atom. The molecule has 0 bridgehead atoms. The molecule has 0 spiro atoms. The molecule has 0 fully saturated rings. The average molecular weight is 245 g/mol. The van der Waals surface area contributed by atoms with Gasteiger partial charge in [-0.3, -0.25) is 4.79 Å². The summed E-state index contributed by atoms with van der Waals surface area (Å²) >= 11 is 0. The van der Waals surface area contributed by atoms with Gasteiger partial charge in [-0.1, -0.05) is 42.5 Å². The molecule has 1 aromatic heterocycles. The van der Waals surface area contributed by atoms with E-state index in [9.17, 15) is 4.79 Å². The summed E-state index contributed by atoms with van der Waals surface area (Å²) < 4.78 is 0. The second kappa shape index (κ2) is 3.69. The number of fused-ring (bicyclic) bond motifs is 5. The third kappa shape index (κ3) is 1.34. The van der Waals surface area contributed by atoms with Gasteiger partial charge in [0.1, 0.15) is 0 Å². The number of nitrogens with one attached hydrogen (secondary N) is 1. The first-order valence-electron chi connectivity index (χ1n) is 6.26. The Balaban J connectivity index is 2.38. The largest absolute Gasteiger partial charge is 0.354 e. The van der Waals surface area contributed by atoms with Gasteiger partial charge < -0.3 is 4.98 Å². The van der Waals surface area contributed by atoms with Gasteiger partial charge >= 0.3 is 0 Å². The molecular weight excluding hydrogens is 234 g/mol. The van der Waals surface area contributed by atoms with E-state index in [0.717, 1.165) is 44.4 Å². The van der Waals surface area contributed by atoms with Gasteiger partial charge in [0.05, 0.1) is 5.52 Å². The predicted molar refractivity (Wildman–Crippen MR) is 78.7 cm³/mol. The number of aromatic nitrogens is 1. The van der Waals surface area contributed by atoms with Gasteiger partial charge in [0, 0.05) is 27.2 Å². The maximum absolute atomic E-state index is 11.4. The Hall–Kier alpha value is -2.61. The van der Waals surface area contributed by atoms with Crippen LogP contribution in [0.4, 0.5) is 0 Å². The number of hydrogen-bond acceptors (Lipinski definition) is 1. The lowest BCUT2D eigenvalue weighted by Gasteiger charge is -2.02. The number of hydrogen-bond donors (Lipinski definition) is 1. The van der Waals surface area contributed by atoms with Crippen LogP contribution in [0.3, 0.4) is 0 Å². The Labute approximate surface area is 109 Å². The van der Waals surface area contributed by atoms with Crippen molar-refractivity contribution in [3.63, 3.8) is 0 Å². The van der Waals surface area contributed by atoms with Crippen molar-refractivity contribution in [3.05, 3.63) is 60.2 Å². The van der Waals surface area contributed by atoms with Crippen molar-refractivity contribution in [2.75, 3.05) is 0 Å². The molecule has 0 saturated carbocycles. The van der Waals surface area contributed by atoms with Crippen molar-refractivity contribution in [1.82, 2.24) is 4.98 Å². The van der Waals surface area contributed by atoms with Gasteiger partial charge in [-0.05, 0) is 17.5 Å². The van der Waals surface area contributed by atoms with E-state index in [0.29, 0.717) is 0 Å². The van der Waals surface area contributed by atoms with E-state index < -0.39 is 0 Å². The molecule has 4 aromatic rings. The Bertz CT molecular complexity index is 934. The minimum Gasteiger partial charge on any atom is -0.354 e. The van der Waals surface area contributed by atoms with Crippen molar-refractivity contribution in [1.29, 1.82) is 0 Å². The highest BCUT2D eigenvalue weighted by Gasteiger charge is 2.11. The molecular formula is C17H11NO. The Morgan fingerprint density at radius 3 is 2.47 bits per heavy atom. The highest BCUT2D eigenvalue weighted by Crippen LogP contribution is 2.33. The molecule has 0 radical (unpaired) electrons. The smallest absolute Gasteiger partial charge is 0.150 e. The van der Waals surface area contributed by atoms with Gasteiger partial charge in [-0.25, -0.2) is 0 Å². The van der Waals surface area contributed by atoms with Crippen LogP contribution in [0.15, 0.2) is 54.6 Å². The Kier molecular flexibility index (Phi) is 2.00. The highest BCUT2D eigenvalue weighted by molar-refractivity contribution is 6.22. The molecule has 3 aromatic carbocycles. The number of rotatable bonds is 1. The molecule has 0 atom stereocenters. The van der Waals surface area contributed by atoms with Crippen LogP contribution in [0.2, 0.25) is 0 Å². The van der Waals surface area contributed by atoms with E-state index in [2.05, 4.69) is 17.1 Å². The number of aldehydes is 1. The summed E-state index contributed by atoms with van der Waals surface area (Å²) in [6, 6.07) is 18.2. The molecule has 4 rings (SSSR count). The molecule has 1 heterocycles. The van der Waals surface area contributed by atoms with Crippen molar-refractivity contribution in [2.24, 2.45) is 0 Å². The summed E-state index contributed by atoms with van der Waals surface area (Å²) in [7, 11) is 0. The first-order chi connectivity index (χ1) is 9.38. The number of para-hydroxylation sites is 1. The van der Waals surface area contributed by atoms with Gasteiger partial charge in [-0.2, -0.15) is 0 Å². The molecule has 2 nitrogen and oxygen atoms in total. The molecule has 0 amide bonds. The summed E-state index contributed by atoms with van der Waals surface area (Å²) in [6.07, 6.45) is 0.940. The molecule has 90 valence electrons. The summed E-state index contributed by atoms with van der Waals surface area (Å²) in [5.74, 6) is 0. The SMILES string of the molecule is O=Cc1cc2ccccc2c2[nH]c3ccccc3c12. The lowest BCUT2D eigenvalue weighted by molar-refractivity contribution is 0.112. The van der Waals surface area contributed by atoms with E-state index in [1.807, 2.05) is 42.5 Å². The summed E-state index contributed by atoms with van der Waals surface area (Å²) in [6.45, 7) is 0. The minimum atomic E-state index is 0.742. The van der Waals surface area contributed by atoms with Crippen LogP contribution in [0.5, 0.6) is 0 Å². The van der Waals surface area contributed by atoms with Crippen LogP contribution in [-0.4, -0.2) is 11.3 Å². The van der Waals surface area contributed by atoms with Gasteiger partial charge in [0.25, 0.3) is 0 Å². The summed E-state index contributed by atoms with van der Waals surface area (Å²) in [5, 5.41) is 4.36. The number of H-pyrrole nitrogens is 1. The molecule has 0 aliphatic heterocycles. The normalized spacial score (nSPS) is 11.4. The van der Waals surface area contributed by atoms with E-state index in [1.165, 1.54) is 0 Å². The Morgan fingerprint density at radius 1 is 0.895 bits per heavy atom. The number of carbonyl (C=O) groups excluding carboxylic acids is 1. The first-order valence-corrected chi connectivity index (χ1v) is 6.26. The molecule has 2 heteroatoms. The number of aromatic amines is 1. The second-order valence-electron chi connectivity index (χ2n) is 4.73. The van der Waals surface area contributed by atoms with Crippen LogP contribution in [0.25, 0.3) is 32.6 Å². The van der Waals surface area contributed by atoms with Crippen LogP contribution >= 0.6 is 0 Å². The quantitative estimate of drug-likeness (QED) is 0.499. The monoisotopic (exact) mass is 245 g/mol. The van der Waals surface area contributed by atoms with E-state index in [1.54, 1.807) is 0 Å². The lowest BCUT2D eigenvalue weighted by Crippen LogP contribution is -1.84. The average Bonchev–Trinajstić information content (AvgIpc) is 2.86. The van der Waals surface area contributed by atoms with Crippen LogP contribution < -0.4 is 0 Å². The molecule has 1 N–H and O–H groups in total. The van der Waals surface area contributed by atoms with E-state index in [-0.39, 0.29) is 0 Å². The van der Waals surface area contributed by atoms with E-state index in [4.69, 9.17) is 0 Å². The summed E-state index contributed by atoms with van der Waals surface area (Å²) in [5.41, 5.74) is 2.85. The minimum absolute atomic E-state index is 0.742. The van der Waals surface area contributed by atoms with Crippen LogP contribution in [-0.2, 0) is 0 Å². The highest BCUT2D eigenvalue weighted by atomic mass is 16.1. The third-order valence-corrected chi connectivity index (χ3v) is 3.66. The molecule has 0 saturated heterocycles. The molecule has 19 heavy (non-hydrogen) atoms. The zero-order chi connectivity index (χ0) is 12.8. The fraction of sp³-hybridized carbons (Fsp3) is 0. The van der Waals surface area contributed by atoms with Crippen molar-refractivity contribution in [3.8, 4) is 0 Å². The molecule has 0 aliphatic rings. The standard InChI is InChI=1S/C17H11NO/c19-10-12-9-11-5-1-2-6-13(11)17-16(12)14-7-3-4-8-15(14)18-17/h1-10,18H. The maximum atomic E-state index is 11.4. The third-order valence-electron chi connectivity index (χ3n) is 3.66. The first kappa shape index (κ1) is 10.3. The zero-order valence-corrected chi connectivity index (χ0v) is 10.2. The maximum Gasteiger partial charge on any atom is 0.150 e. The van der Waals surface area contributed by atoms with Crippen molar-refractivity contribution in [2.45, 2.75) is 0 Å². The molecule has 0 aliphatic carbocycles. The fourth-order valence-corrected chi connectivity index (χ4v) is 2.83. The van der Waals surface area contributed by atoms with Crippen LogP contribution in [0, 0.1) is 0 Å². The second-order valence-corrected chi connectivity index (χ2v) is 4.73. The van der Waals surface area contributed by atoms with Gasteiger partial charge in [0.2, 0.25) is 0 Å². The van der Waals surface area contributed by atoms with Gasteiger partial charge in [0.15, 0.2) is 6.29 Å². The van der Waals surface area contributed by atoms with E-state index >= 15 is 0 Å². The number of benzene rings is 3. The topological polar surface area (TPSA) is 32.9 Å². The van der Waals surface area contributed by atoms with Crippen LogP contribution in [0.1, 0.15) is 10.4 Å². The zero-order valence-electron chi connectivity index (χ0n) is 10.2. The number of carbonyl (C=O) groups is 1. The van der Waals surface area contributed by atoms with Crippen molar-refractivity contribution >= 4 is 38.9 Å². The van der Waals surface area contributed by atoms with Crippen molar-refractivity contribution < 1.29 is 4.79 Å². The fourth-order valence-electron chi connectivity index (χ4n) is 2.83. The predicted octanol–water partition coefficient (Wildman–Crippen LogP) is 4.29.